The van der Waals surface area contributed by atoms with Gasteiger partial charge in [0.25, 0.3) is 0 Å². The maximum Gasteiger partial charge on any atom is 0.237 e. The Balaban J connectivity index is 2.11. The normalized spacial score (nSPS) is 31.6. The van der Waals surface area contributed by atoms with Crippen LogP contribution < -0.4 is 5.32 Å². The van der Waals surface area contributed by atoms with Crippen molar-refractivity contribution in [2.45, 2.75) is 64.0 Å². The van der Waals surface area contributed by atoms with Crippen LogP contribution in [0.5, 0.6) is 0 Å². The molecule has 19 heavy (non-hydrogen) atoms. The quantitative estimate of drug-likeness (QED) is 0.763. The van der Waals surface area contributed by atoms with Crippen molar-refractivity contribution in [1.82, 2.24) is 10.2 Å². The number of nitrogens with one attached hydrogen (secondary N) is 1. The predicted octanol–water partition coefficient (Wildman–Crippen LogP) is 1.53. The molecule has 1 aliphatic heterocycles. The molecule has 110 valence electrons. The molecule has 0 aromatic carbocycles. The van der Waals surface area contributed by atoms with Gasteiger partial charge in [0.2, 0.25) is 5.91 Å². The molecule has 2 fully saturated rings. The fourth-order valence-electron chi connectivity index (χ4n) is 3.51. The van der Waals surface area contributed by atoms with Crippen molar-refractivity contribution in [3.63, 3.8) is 0 Å². The van der Waals surface area contributed by atoms with Crippen LogP contribution in [-0.2, 0) is 4.79 Å². The molecular formula is C15H28N2O2. The summed E-state index contributed by atoms with van der Waals surface area (Å²) < 4.78 is 0. The zero-order valence-electron chi connectivity index (χ0n) is 12.1. The van der Waals surface area contributed by atoms with Crippen LogP contribution in [0.2, 0.25) is 0 Å². The fraction of sp³-hybridized carbons (Fsp3) is 0.933. The third-order valence-corrected chi connectivity index (χ3v) is 4.55. The third kappa shape index (κ3) is 3.93. The largest absolute Gasteiger partial charge is 0.396 e. The molecular weight excluding hydrogens is 240 g/mol. The summed E-state index contributed by atoms with van der Waals surface area (Å²) in [5.74, 6) is 0.610. The first-order valence-corrected chi connectivity index (χ1v) is 7.86. The Bertz CT molecular complexity index is 288. The first-order valence-electron chi connectivity index (χ1n) is 7.86. The van der Waals surface area contributed by atoms with Crippen LogP contribution in [0.25, 0.3) is 0 Å². The molecule has 0 aromatic rings. The summed E-state index contributed by atoms with van der Waals surface area (Å²) in [6, 6.07) is 0.406. The second-order valence-electron chi connectivity index (χ2n) is 6.22. The summed E-state index contributed by atoms with van der Waals surface area (Å²) in [4.78, 5) is 14.6. The summed E-state index contributed by atoms with van der Waals surface area (Å²) >= 11 is 0. The molecule has 1 amide bonds. The van der Waals surface area contributed by atoms with Crippen LogP contribution in [0.3, 0.4) is 0 Å². The van der Waals surface area contributed by atoms with Gasteiger partial charge in [-0.3, -0.25) is 9.69 Å². The first-order chi connectivity index (χ1) is 9.22. The van der Waals surface area contributed by atoms with Gasteiger partial charge in [-0.1, -0.05) is 32.6 Å². The van der Waals surface area contributed by atoms with Gasteiger partial charge in [-0.05, 0) is 25.2 Å². The van der Waals surface area contributed by atoms with Crippen molar-refractivity contribution in [2.75, 3.05) is 19.7 Å². The molecule has 0 bridgehead atoms. The maximum atomic E-state index is 12.2. The van der Waals surface area contributed by atoms with Crippen LogP contribution in [0.4, 0.5) is 0 Å². The number of nitrogens with zero attached hydrogens (tertiary/aromatic N) is 1. The van der Waals surface area contributed by atoms with E-state index in [0.717, 1.165) is 13.1 Å². The average molecular weight is 268 g/mol. The number of hydrogen-bond acceptors (Lipinski definition) is 3. The smallest absolute Gasteiger partial charge is 0.237 e. The third-order valence-electron chi connectivity index (χ3n) is 4.55. The van der Waals surface area contributed by atoms with Crippen LogP contribution in [0.15, 0.2) is 0 Å². The van der Waals surface area contributed by atoms with Gasteiger partial charge in [0, 0.05) is 25.7 Å². The van der Waals surface area contributed by atoms with E-state index in [-0.39, 0.29) is 18.6 Å². The average Bonchev–Trinajstić information content (AvgIpc) is 2.74. The Morgan fingerprint density at radius 3 is 2.58 bits per heavy atom. The van der Waals surface area contributed by atoms with Crippen LogP contribution in [0, 0.1) is 5.92 Å². The number of rotatable bonds is 3. The van der Waals surface area contributed by atoms with Crippen molar-refractivity contribution < 1.29 is 9.90 Å². The molecule has 2 aliphatic rings. The van der Waals surface area contributed by atoms with Crippen molar-refractivity contribution in [1.29, 1.82) is 0 Å². The highest BCUT2D eigenvalue weighted by Crippen LogP contribution is 2.26. The molecule has 2 atom stereocenters. The van der Waals surface area contributed by atoms with E-state index in [9.17, 15) is 9.90 Å². The Kier molecular flexibility index (Phi) is 5.64. The second kappa shape index (κ2) is 7.25. The van der Waals surface area contributed by atoms with E-state index < -0.39 is 0 Å². The van der Waals surface area contributed by atoms with Gasteiger partial charge in [0.05, 0.1) is 6.04 Å². The first kappa shape index (κ1) is 14.8. The van der Waals surface area contributed by atoms with Gasteiger partial charge in [-0.25, -0.2) is 0 Å². The molecule has 1 saturated heterocycles. The van der Waals surface area contributed by atoms with E-state index in [1.807, 2.05) is 0 Å². The summed E-state index contributed by atoms with van der Waals surface area (Å²) in [6.45, 7) is 4.04. The minimum absolute atomic E-state index is 0.0929. The number of hydrogen-bond donors (Lipinski definition) is 2. The summed E-state index contributed by atoms with van der Waals surface area (Å²) in [5, 5.41) is 12.3. The van der Waals surface area contributed by atoms with E-state index in [2.05, 4.69) is 17.1 Å². The SMILES string of the molecule is CC1CNC(=O)C(CCO)N(C2CCCCCC2)C1. The summed E-state index contributed by atoms with van der Waals surface area (Å²) in [7, 11) is 0. The summed E-state index contributed by atoms with van der Waals surface area (Å²) in [6.07, 6.45) is 8.21. The standard InChI is InChI=1S/C15H28N2O2/c1-12-10-16-15(19)14(8-9-18)17(11-12)13-6-4-2-3-5-7-13/h12-14,18H,2-11H2,1H3,(H,16,19). The number of carbonyl (C=O) groups is 1. The van der Waals surface area contributed by atoms with Gasteiger partial charge in [0.15, 0.2) is 0 Å². The Morgan fingerprint density at radius 1 is 1.26 bits per heavy atom. The molecule has 4 heteroatoms. The van der Waals surface area contributed by atoms with E-state index in [4.69, 9.17) is 0 Å². The van der Waals surface area contributed by atoms with Crippen molar-refractivity contribution in [2.24, 2.45) is 5.92 Å². The zero-order chi connectivity index (χ0) is 13.7. The number of carbonyl (C=O) groups excluding carboxylic acids is 1. The van der Waals surface area contributed by atoms with Crippen LogP contribution in [-0.4, -0.2) is 47.7 Å². The van der Waals surface area contributed by atoms with Crippen molar-refractivity contribution in [3.8, 4) is 0 Å². The lowest BCUT2D eigenvalue weighted by molar-refractivity contribution is -0.127. The molecule has 2 unspecified atom stereocenters. The van der Waals surface area contributed by atoms with E-state index in [0.29, 0.717) is 18.4 Å². The van der Waals surface area contributed by atoms with Crippen molar-refractivity contribution >= 4 is 5.91 Å². The highest BCUT2D eigenvalue weighted by Gasteiger charge is 2.34. The van der Waals surface area contributed by atoms with Gasteiger partial charge in [-0.2, -0.15) is 0 Å². The number of aliphatic hydroxyl groups is 1. The van der Waals surface area contributed by atoms with Gasteiger partial charge in [0.1, 0.15) is 0 Å². The molecule has 2 N–H and O–H groups in total. The number of amides is 1. The molecule has 0 aromatic heterocycles. The highest BCUT2D eigenvalue weighted by molar-refractivity contribution is 5.82. The molecule has 1 aliphatic carbocycles. The van der Waals surface area contributed by atoms with Crippen molar-refractivity contribution in [3.05, 3.63) is 0 Å². The lowest BCUT2D eigenvalue weighted by atomic mass is 10.0. The lowest BCUT2D eigenvalue weighted by Gasteiger charge is -2.36. The fourth-order valence-corrected chi connectivity index (χ4v) is 3.51. The number of aliphatic hydroxyl groups excluding tert-OH is 1. The molecule has 2 rings (SSSR count). The second-order valence-corrected chi connectivity index (χ2v) is 6.22. The minimum atomic E-state index is -0.127. The lowest BCUT2D eigenvalue weighted by Crippen LogP contribution is -2.49. The maximum absolute atomic E-state index is 12.2. The van der Waals surface area contributed by atoms with Crippen LogP contribution in [0.1, 0.15) is 51.9 Å². The Hall–Kier alpha value is -0.610. The monoisotopic (exact) mass is 268 g/mol. The predicted molar refractivity (Wildman–Crippen MR) is 75.9 cm³/mol. The minimum Gasteiger partial charge on any atom is -0.396 e. The zero-order valence-corrected chi connectivity index (χ0v) is 12.1. The highest BCUT2D eigenvalue weighted by atomic mass is 16.3. The van der Waals surface area contributed by atoms with Gasteiger partial charge in [-0.15, -0.1) is 0 Å². The Morgan fingerprint density at radius 2 is 1.95 bits per heavy atom. The Labute approximate surface area is 116 Å². The topological polar surface area (TPSA) is 52.6 Å². The summed E-state index contributed by atoms with van der Waals surface area (Å²) in [5.41, 5.74) is 0. The molecule has 0 radical (unpaired) electrons. The molecule has 0 spiro atoms. The van der Waals surface area contributed by atoms with Gasteiger partial charge < -0.3 is 10.4 Å². The molecule has 4 nitrogen and oxygen atoms in total. The van der Waals surface area contributed by atoms with Gasteiger partial charge >= 0.3 is 0 Å². The van der Waals surface area contributed by atoms with E-state index >= 15 is 0 Å². The molecule has 1 heterocycles. The van der Waals surface area contributed by atoms with E-state index in [1.165, 1.54) is 38.5 Å². The van der Waals surface area contributed by atoms with Crippen LogP contribution >= 0.6 is 0 Å². The van der Waals surface area contributed by atoms with E-state index in [1.54, 1.807) is 0 Å². The molecule has 1 saturated carbocycles.